The Morgan fingerprint density at radius 1 is 1.45 bits per heavy atom. The summed E-state index contributed by atoms with van der Waals surface area (Å²) in [7, 11) is 1.80. The SMILES string of the molecule is CC(S)C(=O)N(C)C(C)(C)C. The van der Waals surface area contributed by atoms with E-state index in [1.165, 1.54) is 0 Å². The largest absolute Gasteiger partial charge is 0.340 e. The van der Waals surface area contributed by atoms with Crippen LogP contribution in [0.5, 0.6) is 0 Å². The molecule has 2 nitrogen and oxygen atoms in total. The van der Waals surface area contributed by atoms with Crippen molar-refractivity contribution in [2.75, 3.05) is 7.05 Å². The van der Waals surface area contributed by atoms with Crippen molar-refractivity contribution in [3.63, 3.8) is 0 Å². The fourth-order valence-electron chi connectivity index (χ4n) is 0.611. The van der Waals surface area contributed by atoms with Gasteiger partial charge in [-0.3, -0.25) is 4.79 Å². The smallest absolute Gasteiger partial charge is 0.235 e. The van der Waals surface area contributed by atoms with Gasteiger partial charge in [0.15, 0.2) is 0 Å². The van der Waals surface area contributed by atoms with Gasteiger partial charge in [-0.05, 0) is 27.7 Å². The van der Waals surface area contributed by atoms with E-state index in [4.69, 9.17) is 0 Å². The maximum Gasteiger partial charge on any atom is 0.235 e. The van der Waals surface area contributed by atoms with Gasteiger partial charge in [0.2, 0.25) is 5.91 Å². The van der Waals surface area contributed by atoms with Crippen molar-refractivity contribution >= 4 is 18.5 Å². The van der Waals surface area contributed by atoms with Crippen molar-refractivity contribution in [3.05, 3.63) is 0 Å². The normalized spacial score (nSPS) is 14.4. The van der Waals surface area contributed by atoms with Gasteiger partial charge in [0.25, 0.3) is 0 Å². The lowest BCUT2D eigenvalue weighted by Gasteiger charge is -2.33. The molecule has 0 aliphatic rings. The summed E-state index contributed by atoms with van der Waals surface area (Å²) in [6.07, 6.45) is 0. The molecule has 0 bridgehead atoms. The molecule has 0 aromatic carbocycles. The van der Waals surface area contributed by atoms with E-state index in [1.807, 2.05) is 20.8 Å². The Hall–Kier alpha value is -0.180. The summed E-state index contributed by atoms with van der Waals surface area (Å²) in [6, 6.07) is 0. The summed E-state index contributed by atoms with van der Waals surface area (Å²) < 4.78 is 0. The summed E-state index contributed by atoms with van der Waals surface area (Å²) in [5.41, 5.74) is -0.103. The number of carbonyl (C=O) groups excluding carboxylic acids is 1. The highest BCUT2D eigenvalue weighted by Crippen LogP contribution is 2.13. The first-order valence-electron chi connectivity index (χ1n) is 3.72. The Morgan fingerprint density at radius 2 is 1.82 bits per heavy atom. The van der Waals surface area contributed by atoms with Gasteiger partial charge >= 0.3 is 0 Å². The third-order valence-corrected chi connectivity index (χ3v) is 1.92. The second kappa shape index (κ2) is 3.48. The topological polar surface area (TPSA) is 20.3 Å². The second-order valence-corrected chi connectivity index (χ2v) is 4.52. The number of hydrogen-bond acceptors (Lipinski definition) is 2. The number of rotatable bonds is 1. The van der Waals surface area contributed by atoms with Crippen molar-refractivity contribution in [3.8, 4) is 0 Å². The third-order valence-electron chi connectivity index (χ3n) is 1.69. The summed E-state index contributed by atoms with van der Waals surface area (Å²) >= 11 is 4.07. The predicted molar refractivity (Wildman–Crippen MR) is 51.0 cm³/mol. The van der Waals surface area contributed by atoms with Gasteiger partial charge in [-0.2, -0.15) is 12.6 Å². The molecule has 0 spiro atoms. The molecule has 1 unspecified atom stereocenters. The zero-order chi connectivity index (χ0) is 9.23. The number of carbonyl (C=O) groups is 1. The molecule has 0 saturated carbocycles. The highest BCUT2D eigenvalue weighted by molar-refractivity contribution is 7.81. The van der Waals surface area contributed by atoms with E-state index >= 15 is 0 Å². The molecule has 0 aliphatic heterocycles. The fourth-order valence-corrected chi connectivity index (χ4v) is 0.784. The summed E-state index contributed by atoms with van der Waals surface area (Å²) in [4.78, 5) is 13.1. The number of thiol groups is 1. The number of nitrogens with zero attached hydrogens (tertiary/aromatic N) is 1. The molecule has 3 heteroatoms. The molecule has 0 rings (SSSR count). The van der Waals surface area contributed by atoms with E-state index in [1.54, 1.807) is 18.9 Å². The van der Waals surface area contributed by atoms with Crippen molar-refractivity contribution in [2.24, 2.45) is 0 Å². The molecule has 0 aromatic heterocycles. The monoisotopic (exact) mass is 175 g/mol. The molecule has 0 N–H and O–H groups in total. The van der Waals surface area contributed by atoms with Crippen LogP contribution >= 0.6 is 12.6 Å². The molecule has 0 radical (unpaired) electrons. The van der Waals surface area contributed by atoms with Crippen LogP contribution in [0.3, 0.4) is 0 Å². The highest BCUT2D eigenvalue weighted by atomic mass is 32.1. The van der Waals surface area contributed by atoms with Crippen molar-refractivity contribution in [2.45, 2.75) is 38.5 Å². The van der Waals surface area contributed by atoms with E-state index in [-0.39, 0.29) is 16.7 Å². The van der Waals surface area contributed by atoms with Crippen LogP contribution in [0.4, 0.5) is 0 Å². The van der Waals surface area contributed by atoms with Crippen molar-refractivity contribution in [1.82, 2.24) is 4.90 Å². The van der Waals surface area contributed by atoms with Crippen molar-refractivity contribution in [1.29, 1.82) is 0 Å². The molecule has 1 atom stereocenters. The van der Waals surface area contributed by atoms with Crippen LogP contribution < -0.4 is 0 Å². The van der Waals surface area contributed by atoms with Crippen LogP contribution in [0.15, 0.2) is 0 Å². The van der Waals surface area contributed by atoms with Gasteiger partial charge < -0.3 is 4.90 Å². The van der Waals surface area contributed by atoms with Gasteiger partial charge in [0.05, 0.1) is 5.25 Å². The summed E-state index contributed by atoms with van der Waals surface area (Å²) in [5.74, 6) is 0.0702. The molecule has 1 amide bonds. The molecule has 66 valence electrons. The van der Waals surface area contributed by atoms with Gasteiger partial charge in [0, 0.05) is 12.6 Å². The maximum absolute atomic E-state index is 11.3. The molecule has 0 fully saturated rings. The minimum Gasteiger partial charge on any atom is -0.340 e. The first kappa shape index (κ1) is 10.8. The summed E-state index contributed by atoms with van der Waals surface area (Å²) in [6.45, 7) is 7.79. The average Bonchev–Trinajstić information content (AvgIpc) is 1.82. The third kappa shape index (κ3) is 3.14. The van der Waals surface area contributed by atoms with E-state index < -0.39 is 0 Å². The highest BCUT2D eigenvalue weighted by Gasteiger charge is 2.24. The Balaban J connectivity index is 4.26. The van der Waals surface area contributed by atoms with E-state index in [0.717, 1.165) is 0 Å². The van der Waals surface area contributed by atoms with E-state index in [9.17, 15) is 4.79 Å². The Labute approximate surface area is 74.4 Å². The molecule has 0 heterocycles. The maximum atomic E-state index is 11.3. The number of hydrogen-bond donors (Lipinski definition) is 1. The summed E-state index contributed by atoms with van der Waals surface area (Å²) in [5, 5.41) is -0.209. The first-order chi connectivity index (χ1) is 4.76. The zero-order valence-electron chi connectivity index (χ0n) is 7.88. The lowest BCUT2D eigenvalue weighted by atomic mass is 10.1. The minimum atomic E-state index is -0.209. The number of amides is 1. The molecule has 0 aromatic rings. The first-order valence-corrected chi connectivity index (χ1v) is 4.24. The van der Waals surface area contributed by atoms with Crippen LogP contribution in [0.2, 0.25) is 0 Å². The second-order valence-electron chi connectivity index (χ2n) is 3.74. The van der Waals surface area contributed by atoms with Crippen LogP contribution in [0.1, 0.15) is 27.7 Å². The molecule has 0 saturated heterocycles. The van der Waals surface area contributed by atoms with Gasteiger partial charge in [-0.25, -0.2) is 0 Å². The zero-order valence-corrected chi connectivity index (χ0v) is 8.77. The van der Waals surface area contributed by atoms with Crippen molar-refractivity contribution < 1.29 is 4.79 Å². The molecule has 0 aliphatic carbocycles. The van der Waals surface area contributed by atoms with E-state index in [2.05, 4.69) is 12.6 Å². The van der Waals surface area contributed by atoms with Crippen LogP contribution in [-0.4, -0.2) is 28.6 Å². The Kier molecular flexibility index (Phi) is 3.42. The fraction of sp³-hybridized carbons (Fsp3) is 0.875. The van der Waals surface area contributed by atoms with Crippen LogP contribution in [-0.2, 0) is 4.79 Å². The van der Waals surface area contributed by atoms with Gasteiger partial charge in [-0.15, -0.1) is 0 Å². The van der Waals surface area contributed by atoms with Crippen LogP contribution in [0, 0.1) is 0 Å². The van der Waals surface area contributed by atoms with E-state index in [0.29, 0.717) is 0 Å². The molecule has 11 heavy (non-hydrogen) atoms. The minimum absolute atomic E-state index is 0.0702. The predicted octanol–water partition coefficient (Wildman–Crippen LogP) is 1.56. The Morgan fingerprint density at radius 3 is 1.91 bits per heavy atom. The van der Waals surface area contributed by atoms with Gasteiger partial charge in [0.1, 0.15) is 0 Å². The average molecular weight is 175 g/mol. The lowest BCUT2D eigenvalue weighted by Crippen LogP contribution is -2.45. The molecular formula is C8H17NOS. The van der Waals surface area contributed by atoms with Crippen LogP contribution in [0.25, 0.3) is 0 Å². The quantitative estimate of drug-likeness (QED) is 0.600. The van der Waals surface area contributed by atoms with Gasteiger partial charge in [-0.1, -0.05) is 0 Å². The Bertz CT molecular complexity index is 149. The molecular weight excluding hydrogens is 158 g/mol. The lowest BCUT2D eigenvalue weighted by molar-refractivity contribution is -0.133. The standard InChI is InChI=1S/C8H17NOS/c1-6(11)7(10)9(5)8(2,3)4/h6,11H,1-5H3.